The van der Waals surface area contributed by atoms with E-state index in [1.165, 1.54) is 0 Å². The van der Waals surface area contributed by atoms with Crippen LogP contribution in [0.5, 0.6) is 0 Å². The van der Waals surface area contributed by atoms with E-state index in [1.54, 1.807) is 18.9 Å². The van der Waals surface area contributed by atoms with Crippen LogP contribution in [0.1, 0.15) is 13.3 Å². The maximum atomic E-state index is 11.3. The average Bonchev–Trinajstić information content (AvgIpc) is 2.11. The lowest BCUT2D eigenvalue weighted by Gasteiger charge is -2.18. The SMILES string of the molecule is CC(CN)C(=O)N(C)CCC#N. The standard InChI is InChI=1S/C8H15N3O/c1-7(6-10)8(12)11(2)5-3-4-9/h7H,3,5-6,10H2,1-2H3. The highest BCUT2D eigenvalue weighted by Crippen LogP contribution is 1.98. The number of hydrogen-bond acceptors (Lipinski definition) is 3. The quantitative estimate of drug-likeness (QED) is 0.641. The molecule has 0 aliphatic heterocycles. The molecule has 4 nitrogen and oxygen atoms in total. The summed E-state index contributed by atoms with van der Waals surface area (Å²) < 4.78 is 0. The summed E-state index contributed by atoms with van der Waals surface area (Å²) >= 11 is 0. The lowest BCUT2D eigenvalue weighted by atomic mass is 10.1. The minimum Gasteiger partial charge on any atom is -0.344 e. The third kappa shape index (κ3) is 3.35. The minimum atomic E-state index is -0.145. The first-order valence-electron chi connectivity index (χ1n) is 3.95. The van der Waals surface area contributed by atoms with Gasteiger partial charge in [0.15, 0.2) is 0 Å². The Labute approximate surface area is 72.9 Å². The van der Waals surface area contributed by atoms with Gasteiger partial charge in [-0.15, -0.1) is 0 Å². The van der Waals surface area contributed by atoms with E-state index >= 15 is 0 Å². The van der Waals surface area contributed by atoms with Crippen LogP contribution in [0.4, 0.5) is 0 Å². The highest BCUT2D eigenvalue weighted by atomic mass is 16.2. The van der Waals surface area contributed by atoms with Crippen molar-refractivity contribution in [2.75, 3.05) is 20.1 Å². The molecule has 0 heterocycles. The fraction of sp³-hybridized carbons (Fsp3) is 0.750. The number of carbonyl (C=O) groups is 1. The van der Waals surface area contributed by atoms with Crippen molar-refractivity contribution in [2.45, 2.75) is 13.3 Å². The van der Waals surface area contributed by atoms with Crippen molar-refractivity contribution < 1.29 is 4.79 Å². The predicted molar refractivity (Wildman–Crippen MR) is 46.1 cm³/mol. The maximum absolute atomic E-state index is 11.3. The van der Waals surface area contributed by atoms with Crippen molar-refractivity contribution in [1.82, 2.24) is 4.90 Å². The molecule has 2 N–H and O–H groups in total. The van der Waals surface area contributed by atoms with Crippen LogP contribution in [0.15, 0.2) is 0 Å². The van der Waals surface area contributed by atoms with Gasteiger partial charge < -0.3 is 10.6 Å². The molecule has 0 saturated heterocycles. The van der Waals surface area contributed by atoms with Crippen LogP contribution in [0, 0.1) is 17.2 Å². The molecule has 12 heavy (non-hydrogen) atoms. The Morgan fingerprint density at radius 2 is 2.33 bits per heavy atom. The second-order valence-corrected chi connectivity index (χ2v) is 2.80. The van der Waals surface area contributed by atoms with Gasteiger partial charge in [-0.25, -0.2) is 0 Å². The first-order chi connectivity index (χ1) is 5.63. The zero-order chi connectivity index (χ0) is 9.56. The Bertz CT molecular complexity index is 185. The van der Waals surface area contributed by atoms with Gasteiger partial charge in [-0.1, -0.05) is 6.92 Å². The average molecular weight is 169 g/mol. The Balaban J connectivity index is 3.85. The van der Waals surface area contributed by atoms with Crippen LogP contribution in [0.25, 0.3) is 0 Å². The molecule has 0 spiro atoms. The smallest absolute Gasteiger partial charge is 0.226 e. The van der Waals surface area contributed by atoms with Crippen molar-refractivity contribution >= 4 is 5.91 Å². The molecule has 0 saturated carbocycles. The zero-order valence-corrected chi connectivity index (χ0v) is 7.58. The first kappa shape index (κ1) is 10.9. The largest absolute Gasteiger partial charge is 0.344 e. The summed E-state index contributed by atoms with van der Waals surface area (Å²) in [6, 6.07) is 1.99. The number of rotatable bonds is 4. The molecular formula is C8H15N3O. The van der Waals surface area contributed by atoms with Crippen molar-refractivity contribution in [3.05, 3.63) is 0 Å². The molecular weight excluding hydrogens is 154 g/mol. The summed E-state index contributed by atoms with van der Waals surface area (Å²) in [5, 5.41) is 8.28. The normalized spacial score (nSPS) is 11.8. The van der Waals surface area contributed by atoms with Crippen LogP contribution >= 0.6 is 0 Å². The lowest BCUT2D eigenvalue weighted by Crippen LogP contribution is -2.35. The fourth-order valence-electron chi connectivity index (χ4n) is 0.805. The molecule has 0 aliphatic rings. The van der Waals surface area contributed by atoms with Gasteiger partial charge in [0.25, 0.3) is 0 Å². The van der Waals surface area contributed by atoms with Crippen LogP contribution in [-0.2, 0) is 4.79 Å². The van der Waals surface area contributed by atoms with Gasteiger partial charge in [0.1, 0.15) is 0 Å². The maximum Gasteiger partial charge on any atom is 0.226 e. The lowest BCUT2D eigenvalue weighted by molar-refractivity contribution is -0.133. The highest BCUT2D eigenvalue weighted by molar-refractivity contribution is 5.78. The van der Waals surface area contributed by atoms with Crippen LogP contribution in [0.3, 0.4) is 0 Å². The van der Waals surface area contributed by atoms with Crippen molar-refractivity contribution in [1.29, 1.82) is 5.26 Å². The number of carbonyl (C=O) groups excluding carboxylic acids is 1. The molecule has 68 valence electrons. The third-order valence-corrected chi connectivity index (χ3v) is 1.71. The Morgan fingerprint density at radius 3 is 2.75 bits per heavy atom. The van der Waals surface area contributed by atoms with E-state index in [-0.39, 0.29) is 11.8 Å². The second kappa shape index (κ2) is 5.56. The van der Waals surface area contributed by atoms with Crippen LogP contribution in [0.2, 0.25) is 0 Å². The predicted octanol–water partition coefficient (Wildman–Crippen LogP) is -0.0467. The zero-order valence-electron chi connectivity index (χ0n) is 7.58. The molecule has 1 atom stereocenters. The second-order valence-electron chi connectivity index (χ2n) is 2.80. The molecule has 0 radical (unpaired) electrons. The molecule has 0 aromatic rings. The first-order valence-corrected chi connectivity index (χ1v) is 3.95. The van der Waals surface area contributed by atoms with E-state index < -0.39 is 0 Å². The molecule has 0 aromatic carbocycles. The van der Waals surface area contributed by atoms with E-state index in [0.29, 0.717) is 19.5 Å². The van der Waals surface area contributed by atoms with Crippen LogP contribution in [-0.4, -0.2) is 30.9 Å². The molecule has 0 bridgehead atoms. The fourth-order valence-corrected chi connectivity index (χ4v) is 0.805. The van der Waals surface area contributed by atoms with E-state index in [4.69, 9.17) is 11.0 Å². The molecule has 4 heteroatoms. The molecule has 1 amide bonds. The molecule has 1 unspecified atom stereocenters. The number of nitrogens with two attached hydrogens (primary N) is 1. The van der Waals surface area contributed by atoms with Gasteiger partial charge in [-0.3, -0.25) is 4.79 Å². The van der Waals surface area contributed by atoms with Gasteiger partial charge >= 0.3 is 0 Å². The summed E-state index contributed by atoms with van der Waals surface area (Å²) in [5.41, 5.74) is 5.33. The number of amides is 1. The van der Waals surface area contributed by atoms with Crippen molar-refractivity contribution in [2.24, 2.45) is 11.7 Å². The summed E-state index contributed by atoms with van der Waals surface area (Å²) in [6.07, 6.45) is 0.375. The number of nitrogens with zero attached hydrogens (tertiary/aromatic N) is 2. The van der Waals surface area contributed by atoms with E-state index in [1.807, 2.05) is 6.07 Å². The highest BCUT2D eigenvalue weighted by Gasteiger charge is 2.14. The van der Waals surface area contributed by atoms with Crippen molar-refractivity contribution in [3.63, 3.8) is 0 Å². The number of nitriles is 1. The summed E-state index contributed by atoms with van der Waals surface area (Å²) in [4.78, 5) is 12.9. The van der Waals surface area contributed by atoms with Crippen molar-refractivity contribution in [3.8, 4) is 6.07 Å². The summed E-state index contributed by atoms with van der Waals surface area (Å²) in [5.74, 6) is -0.138. The summed E-state index contributed by atoms with van der Waals surface area (Å²) in [6.45, 7) is 2.63. The number of hydrogen-bond donors (Lipinski definition) is 1. The van der Waals surface area contributed by atoms with Gasteiger partial charge in [-0.05, 0) is 0 Å². The molecule has 0 rings (SSSR count). The Morgan fingerprint density at radius 1 is 1.75 bits per heavy atom. The van der Waals surface area contributed by atoms with Gasteiger partial charge in [0.2, 0.25) is 5.91 Å². The molecule has 0 aliphatic carbocycles. The Kier molecular flexibility index (Phi) is 5.06. The Hall–Kier alpha value is -1.08. The monoisotopic (exact) mass is 169 g/mol. The molecule has 0 aromatic heterocycles. The minimum absolute atomic E-state index is 0.00718. The van der Waals surface area contributed by atoms with E-state index in [2.05, 4.69) is 0 Å². The third-order valence-electron chi connectivity index (χ3n) is 1.71. The van der Waals surface area contributed by atoms with E-state index in [0.717, 1.165) is 0 Å². The van der Waals surface area contributed by atoms with Gasteiger partial charge in [-0.2, -0.15) is 5.26 Å². The van der Waals surface area contributed by atoms with Crippen LogP contribution < -0.4 is 5.73 Å². The van der Waals surface area contributed by atoms with Gasteiger partial charge in [0, 0.05) is 26.1 Å². The van der Waals surface area contributed by atoms with Gasteiger partial charge in [0.05, 0.1) is 12.5 Å². The molecule has 0 fully saturated rings. The van der Waals surface area contributed by atoms with E-state index in [9.17, 15) is 4.79 Å². The summed E-state index contributed by atoms with van der Waals surface area (Å²) in [7, 11) is 1.69. The topological polar surface area (TPSA) is 70.1 Å².